The predicted octanol–water partition coefficient (Wildman–Crippen LogP) is 2.97. The van der Waals surface area contributed by atoms with E-state index in [0.29, 0.717) is 6.04 Å². The first-order chi connectivity index (χ1) is 10.2. The van der Waals surface area contributed by atoms with Gasteiger partial charge in [-0.3, -0.25) is 9.88 Å². The summed E-state index contributed by atoms with van der Waals surface area (Å²) in [7, 11) is 2.25. The first-order valence-corrected chi connectivity index (χ1v) is 8.13. The Kier molecular flexibility index (Phi) is 8.25. The molecule has 2 aliphatic rings. The number of hydrogen-bond acceptors (Lipinski definition) is 4. The second-order valence-corrected chi connectivity index (χ2v) is 6.65. The van der Waals surface area contributed by atoms with E-state index in [9.17, 15) is 0 Å². The molecule has 23 heavy (non-hydrogen) atoms. The van der Waals surface area contributed by atoms with E-state index in [1.807, 2.05) is 6.20 Å². The summed E-state index contributed by atoms with van der Waals surface area (Å²) in [5, 5.41) is 3.45. The van der Waals surface area contributed by atoms with Crippen LogP contribution in [0.3, 0.4) is 0 Å². The van der Waals surface area contributed by atoms with Crippen molar-refractivity contribution in [1.29, 1.82) is 0 Å². The van der Waals surface area contributed by atoms with E-state index >= 15 is 0 Å². The number of aryl methyl sites for hydroxylation is 1. The molecule has 2 saturated heterocycles. The third-order valence-corrected chi connectivity index (χ3v) is 5.00. The van der Waals surface area contributed by atoms with Gasteiger partial charge in [-0.15, -0.1) is 24.8 Å². The minimum absolute atomic E-state index is 0. The van der Waals surface area contributed by atoms with Crippen molar-refractivity contribution in [1.82, 2.24) is 15.2 Å². The third-order valence-electron chi connectivity index (χ3n) is 5.00. The minimum Gasteiger partial charge on any atom is -0.375 e. The number of rotatable bonds is 3. The molecule has 2 fully saturated rings. The van der Waals surface area contributed by atoms with Crippen LogP contribution in [0.15, 0.2) is 18.3 Å². The highest BCUT2D eigenvalue weighted by molar-refractivity contribution is 5.85. The van der Waals surface area contributed by atoms with Gasteiger partial charge in [0.25, 0.3) is 0 Å². The maximum absolute atomic E-state index is 6.18. The number of aromatic nitrogens is 1. The normalized spacial score (nSPS) is 23.2. The molecule has 4 nitrogen and oxygen atoms in total. The molecule has 3 heterocycles. The van der Waals surface area contributed by atoms with Crippen molar-refractivity contribution >= 4 is 24.8 Å². The van der Waals surface area contributed by atoms with Crippen LogP contribution in [0.25, 0.3) is 0 Å². The molecular weight excluding hydrogens is 333 g/mol. The Morgan fingerprint density at radius 1 is 1.35 bits per heavy atom. The summed E-state index contributed by atoms with van der Waals surface area (Å²) in [5.41, 5.74) is 2.59. The van der Waals surface area contributed by atoms with Gasteiger partial charge in [0.2, 0.25) is 0 Å². The van der Waals surface area contributed by atoms with E-state index in [-0.39, 0.29) is 30.4 Å². The van der Waals surface area contributed by atoms with Gasteiger partial charge in [0.1, 0.15) is 0 Å². The fourth-order valence-corrected chi connectivity index (χ4v) is 3.73. The Bertz CT molecular complexity index is 475. The van der Waals surface area contributed by atoms with Crippen molar-refractivity contribution in [2.45, 2.75) is 50.8 Å². The van der Waals surface area contributed by atoms with Crippen LogP contribution in [0, 0.1) is 6.92 Å². The fraction of sp³-hybridized carbons (Fsp3) is 0.706. The highest BCUT2D eigenvalue weighted by Crippen LogP contribution is 2.35. The van der Waals surface area contributed by atoms with Crippen molar-refractivity contribution in [2.75, 3.05) is 26.7 Å². The Morgan fingerprint density at radius 2 is 2.09 bits per heavy atom. The van der Waals surface area contributed by atoms with Crippen LogP contribution in [-0.4, -0.2) is 48.3 Å². The van der Waals surface area contributed by atoms with Crippen LogP contribution in [0.1, 0.15) is 36.9 Å². The van der Waals surface area contributed by atoms with Crippen molar-refractivity contribution < 1.29 is 4.74 Å². The highest BCUT2D eigenvalue weighted by Gasteiger charge is 2.39. The maximum Gasteiger partial charge on any atom is 0.0721 e. The molecule has 1 N–H and O–H groups in total. The van der Waals surface area contributed by atoms with Gasteiger partial charge in [-0.2, -0.15) is 0 Å². The molecule has 2 aliphatic heterocycles. The van der Waals surface area contributed by atoms with Crippen molar-refractivity contribution in [3.8, 4) is 0 Å². The Labute approximate surface area is 152 Å². The van der Waals surface area contributed by atoms with Crippen LogP contribution in [-0.2, 0) is 11.3 Å². The van der Waals surface area contributed by atoms with E-state index in [2.05, 4.69) is 41.3 Å². The van der Waals surface area contributed by atoms with E-state index in [4.69, 9.17) is 4.74 Å². The molecule has 0 bridgehead atoms. The Balaban J connectivity index is 0.00000132. The SMILES string of the molecule is Cc1cc(CN(C)C2CCOC3(CCNCC3)C2)ccn1.Cl.Cl. The largest absolute Gasteiger partial charge is 0.375 e. The molecule has 0 aromatic carbocycles. The monoisotopic (exact) mass is 361 g/mol. The Hall–Kier alpha value is -0.390. The van der Waals surface area contributed by atoms with Gasteiger partial charge in [0.05, 0.1) is 5.60 Å². The summed E-state index contributed by atoms with van der Waals surface area (Å²) in [6.07, 6.45) is 6.55. The molecule has 6 heteroatoms. The smallest absolute Gasteiger partial charge is 0.0721 e. The number of nitrogens with one attached hydrogen (secondary N) is 1. The molecule has 1 aromatic rings. The lowest BCUT2D eigenvalue weighted by atomic mass is 9.82. The lowest BCUT2D eigenvalue weighted by Gasteiger charge is -2.46. The lowest BCUT2D eigenvalue weighted by molar-refractivity contribution is -0.119. The van der Waals surface area contributed by atoms with Gasteiger partial charge in [0.15, 0.2) is 0 Å². The van der Waals surface area contributed by atoms with Crippen molar-refractivity contribution in [2.24, 2.45) is 0 Å². The zero-order valence-corrected chi connectivity index (χ0v) is 15.7. The summed E-state index contributed by atoms with van der Waals surface area (Å²) in [6.45, 7) is 6.16. The number of ether oxygens (including phenoxy) is 1. The van der Waals surface area contributed by atoms with Crippen molar-refractivity contribution in [3.63, 3.8) is 0 Å². The zero-order valence-electron chi connectivity index (χ0n) is 14.1. The minimum atomic E-state index is 0. The lowest BCUT2D eigenvalue weighted by Crippen LogP contribution is -2.52. The standard InChI is InChI=1S/C17H27N3O.2ClH/c1-14-11-15(3-7-19-14)13-20(2)16-4-10-21-17(12-16)5-8-18-9-6-17;;/h3,7,11,16,18H,4-6,8-10,12-13H2,1-2H3;2*1H. The summed E-state index contributed by atoms with van der Waals surface area (Å²) in [5.74, 6) is 0. The van der Waals surface area contributed by atoms with E-state index in [1.54, 1.807) is 0 Å². The second-order valence-electron chi connectivity index (χ2n) is 6.65. The first kappa shape index (κ1) is 20.7. The van der Waals surface area contributed by atoms with Gasteiger partial charge >= 0.3 is 0 Å². The molecule has 132 valence electrons. The quantitative estimate of drug-likeness (QED) is 0.897. The molecule has 1 unspecified atom stereocenters. The molecule has 1 spiro atoms. The summed E-state index contributed by atoms with van der Waals surface area (Å²) < 4.78 is 6.18. The zero-order chi connectivity index (χ0) is 14.7. The van der Waals surface area contributed by atoms with Crippen LogP contribution in [0.5, 0.6) is 0 Å². The summed E-state index contributed by atoms with van der Waals surface area (Å²) >= 11 is 0. The second kappa shape index (κ2) is 9.19. The van der Waals surface area contributed by atoms with Crippen LogP contribution in [0.4, 0.5) is 0 Å². The number of hydrogen-bond donors (Lipinski definition) is 1. The number of piperidine rings is 1. The molecule has 1 aromatic heterocycles. The molecular formula is C17H29Cl2N3O. The van der Waals surface area contributed by atoms with Gasteiger partial charge < -0.3 is 10.1 Å². The average Bonchev–Trinajstić information content (AvgIpc) is 2.48. The molecule has 3 rings (SSSR count). The first-order valence-electron chi connectivity index (χ1n) is 8.13. The molecule has 0 amide bonds. The number of halogens is 2. The van der Waals surface area contributed by atoms with Crippen molar-refractivity contribution in [3.05, 3.63) is 29.6 Å². The van der Waals surface area contributed by atoms with E-state index < -0.39 is 0 Å². The highest BCUT2D eigenvalue weighted by atomic mass is 35.5. The van der Waals surface area contributed by atoms with Gasteiger partial charge in [0, 0.05) is 31.1 Å². The molecule has 1 atom stereocenters. The van der Waals surface area contributed by atoms with Gasteiger partial charge in [-0.05, 0) is 70.4 Å². The van der Waals surface area contributed by atoms with Crippen LogP contribution in [0.2, 0.25) is 0 Å². The number of pyridine rings is 1. The maximum atomic E-state index is 6.18. The van der Waals surface area contributed by atoms with Gasteiger partial charge in [-0.25, -0.2) is 0 Å². The average molecular weight is 362 g/mol. The Morgan fingerprint density at radius 3 is 2.78 bits per heavy atom. The van der Waals surface area contributed by atoms with Gasteiger partial charge in [-0.1, -0.05) is 0 Å². The third kappa shape index (κ3) is 5.30. The fourth-order valence-electron chi connectivity index (χ4n) is 3.73. The summed E-state index contributed by atoms with van der Waals surface area (Å²) in [6, 6.07) is 4.95. The van der Waals surface area contributed by atoms with Crippen LogP contribution >= 0.6 is 24.8 Å². The van der Waals surface area contributed by atoms with Crippen LogP contribution < -0.4 is 5.32 Å². The van der Waals surface area contributed by atoms with E-state index in [0.717, 1.165) is 51.2 Å². The summed E-state index contributed by atoms with van der Waals surface area (Å²) in [4.78, 5) is 6.78. The number of nitrogens with zero attached hydrogens (tertiary/aromatic N) is 2. The molecule has 0 radical (unpaired) electrons. The predicted molar refractivity (Wildman–Crippen MR) is 98.7 cm³/mol. The van der Waals surface area contributed by atoms with E-state index in [1.165, 1.54) is 12.0 Å². The molecule has 0 aliphatic carbocycles. The topological polar surface area (TPSA) is 37.4 Å². The molecule has 0 saturated carbocycles.